The Balaban J connectivity index is 1.81. The Morgan fingerprint density at radius 2 is 1.81 bits per heavy atom. The lowest BCUT2D eigenvalue weighted by molar-refractivity contribution is -0.143. The number of carbonyl (C=O) groups excluding carboxylic acids is 1. The molecule has 1 aliphatic rings. The van der Waals surface area contributed by atoms with Crippen LogP contribution in [0.25, 0.3) is 0 Å². The zero-order valence-electron chi connectivity index (χ0n) is 15.2. The Hall–Kier alpha value is -2.37. The Kier molecular flexibility index (Phi) is 6.14. The molecule has 27 heavy (non-hydrogen) atoms. The van der Waals surface area contributed by atoms with Gasteiger partial charge in [0.25, 0.3) is 0 Å². The van der Waals surface area contributed by atoms with Crippen molar-refractivity contribution in [2.75, 3.05) is 18.4 Å². The van der Waals surface area contributed by atoms with E-state index in [1.54, 1.807) is 6.07 Å². The first-order chi connectivity index (χ1) is 13.0. The number of carboxylic acid groups (broad SMARTS) is 1. The summed E-state index contributed by atoms with van der Waals surface area (Å²) in [5, 5.41) is 12.8. The third-order valence-electron chi connectivity index (χ3n) is 5.05. The second-order valence-electron chi connectivity index (χ2n) is 6.91. The van der Waals surface area contributed by atoms with Gasteiger partial charge in [0.15, 0.2) is 0 Å². The van der Waals surface area contributed by atoms with Crippen LogP contribution in [0.2, 0.25) is 5.02 Å². The summed E-state index contributed by atoms with van der Waals surface area (Å²) in [5.74, 6) is -1.24. The van der Waals surface area contributed by atoms with Crippen LogP contribution in [0, 0.1) is 12.8 Å². The summed E-state index contributed by atoms with van der Waals surface area (Å²) in [4.78, 5) is 26.4. The van der Waals surface area contributed by atoms with E-state index in [2.05, 4.69) is 10.2 Å². The molecule has 0 radical (unpaired) electrons. The van der Waals surface area contributed by atoms with Crippen LogP contribution in [0.3, 0.4) is 0 Å². The zero-order chi connectivity index (χ0) is 19.4. The summed E-state index contributed by atoms with van der Waals surface area (Å²) in [7, 11) is 0. The van der Waals surface area contributed by atoms with Crippen LogP contribution < -0.4 is 5.32 Å². The van der Waals surface area contributed by atoms with Gasteiger partial charge in [-0.1, -0.05) is 48.0 Å². The molecule has 2 N–H and O–H groups in total. The molecular weight excluding hydrogens is 364 g/mol. The molecule has 0 saturated carbocycles. The average molecular weight is 387 g/mol. The van der Waals surface area contributed by atoms with Crippen molar-refractivity contribution in [3.8, 4) is 0 Å². The molecule has 1 unspecified atom stereocenters. The summed E-state index contributed by atoms with van der Waals surface area (Å²) >= 11 is 6.17. The number of rotatable bonds is 5. The molecule has 2 aromatic rings. The summed E-state index contributed by atoms with van der Waals surface area (Å²) < 4.78 is 0. The topological polar surface area (TPSA) is 69.6 Å². The molecule has 0 aromatic heterocycles. The number of halogens is 1. The number of hydrogen-bond acceptors (Lipinski definition) is 3. The first-order valence-corrected chi connectivity index (χ1v) is 9.42. The molecule has 0 spiro atoms. The van der Waals surface area contributed by atoms with E-state index in [1.807, 2.05) is 49.4 Å². The van der Waals surface area contributed by atoms with E-state index in [9.17, 15) is 14.7 Å². The summed E-state index contributed by atoms with van der Waals surface area (Å²) in [5.41, 5.74) is 2.49. The molecule has 1 amide bonds. The van der Waals surface area contributed by atoms with Gasteiger partial charge in [0.2, 0.25) is 5.91 Å². The van der Waals surface area contributed by atoms with Gasteiger partial charge in [-0.3, -0.25) is 14.5 Å². The van der Waals surface area contributed by atoms with E-state index < -0.39 is 12.0 Å². The number of hydrogen-bond donors (Lipinski definition) is 2. The zero-order valence-corrected chi connectivity index (χ0v) is 15.9. The molecule has 6 heteroatoms. The third-order valence-corrected chi connectivity index (χ3v) is 5.45. The normalized spacial score (nSPS) is 16.7. The van der Waals surface area contributed by atoms with Crippen molar-refractivity contribution < 1.29 is 14.7 Å². The first-order valence-electron chi connectivity index (χ1n) is 9.04. The monoisotopic (exact) mass is 386 g/mol. The van der Waals surface area contributed by atoms with Crippen LogP contribution in [-0.2, 0) is 9.59 Å². The molecule has 1 atom stereocenters. The molecule has 1 fully saturated rings. The van der Waals surface area contributed by atoms with Crippen LogP contribution in [-0.4, -0.2) is 35.0 Å². The van der Waals surface area contributed by atoms with Crippen LogP contribution in [0.4, 0.5) is 5.69 Å². The van der Waals surface area contributed by atoms with E-state index in [0.29, 0.717) is 36.6 Å². The Morgan fingerprint density at radius 3 is 2.41 bits per heavy atom. The Morgan fingerprint density at radius 1 is 1.15 bits per heavy atom. The van der Waals surface area contributed by atoms with Gasteiger partial charge >= 0.3 is 5.97 Å². The highest BCUT2D eigenvalue weighted by molar-refractivity contribution is 6.31. The number of aryl methyl sites for hydroxylation is 1. The minimum Gasteiger partial charge on any atom is -0.481 e. The van der Waals surface area contributed by atoms with Crippen molar-refractivity contribution in [1.29, 1.82) is 0 Å². The number of carbonyl (C=O) groups is 2. The molecule has 142 valence electrons. The lowest BCUT2D eigenvalue weighted by Crippen LogP contribution is -2.43. The van der Waals surface area contributed by atoms with Gasteiger partial charge in [-0.05, 0) is 43.0 Å². The van der Waals surface area contributed by atoms with Crippen molar-refractivity contribution in [1.82, 2.24) is 4.90 Å². The predicted octanol–water partition coefficient (Wildman–Crippen LogP) is 4.12. The van der Waals surface area contributed by atoms with E-state index in [1.165, 1.54) is 0 Å². The summed E-state index contributed by atoms with van der Waals surface area (Å²) in [6.07, 6.45) is 1.09. The molecule has 1 saturated heterocycles. The number of anilines is 1. The van der Waals surface area contributed by atoms with E-state index in [4.69, 9.17) is 11.6 Å². The van der Waals surface area contributed by atoms with Crippen LogP contribution >= 0.6 is 11.6 Å². The smallest absolute Gasteiger partial charge is 0.306 e. The first kappa shape index (κ1) is 19.4. The number of nitrogens with one attached hydrogen (secondary N) is 1. The summed E-state index contributed by atoms with van der Waals surface area (Å²) in [6, 6.07) is 14.5. The maximum absolute atomic E-state index is 13.1. The standard InChI is InChI=1S/C21H23ClN2O3/c1-14-7-8-17(13-18(14)22)23-20(25)19(15-5-3-2-4-6-15)24-11-9-16(10-12-24)21(26)27/h2-8,13,16,19H,9-12H2,1H3,(H,23,25)(H,26,27). The van der Waals surface area contributed by atoms with Gasteiger partial charge in [0.05, 0.1) is 5.92 Å². The SMILES string of the molecule is Cc1ccc(NC(=O)C(c2ccccc2)N2CCC(C(=O)O)CC2)cc1Cl. The lowest BCUT2D eigenvalue weighted by Gasteiger charge is -2.36. The fourth-order valence-electron chi connectivity index (χ4n) is 3.45. The van der Waals surface area contributed by atoms with Gasteiger partial charge in [-0.2, -0.15) is 0 Å². The molecule has 5 nitrogen and oxygen atoms in total. The maximum Gasteiger partial charge on any atom is 0.306 e. The van der Waals surface area contributed by atoms with Crippen molar-refractivity contribution in [2.24, 2.45) is 5.92 Å². The van der Waals surface area contributed by atoms with Crippen LogP contribution in [0.1, 0.15) is 30.0 Å². The minimum absolute atomic E-state index is 0.144. The number of amides is 1. The fraction of sp³-hybridized carbons (Fsp3) is 0.333. The second kappa shape index (κ2) is 8.55. The quantitative estimate of drug-likeness (QED) is 0.810. The van der Waals surface area contributed by atoms with Crippen molar-refractivity contribution in [3.63, 3.8) is 0 Å². The van der Waals surface area contributed by atoms with Gasteiger partial charge in [-0.15, -0.1) is 0 Å². The molecular formula is C21H23ClN2O3. The lowest BCUT2D eigenvalue weighted by atomic mass is 9.94. The maximum atomic E-state index is 13.1. The van der Waals surface area contributed by atoms with Crippen molar-refractivity contribution >= 4 is 29.2 Å². The van der Waals surface area contributed by atoms with Gasteiger partial charge in [0, 0.05) is 23.8 Å². The number of piperidine rings is 1. The molecule has 1 aliphatic heterocycles. The largest absolute Gasteiger partial charge is 0.481 e. The Bertz CT molecular complexity index is 817. The van der Waals surface area contributed by atoms with Crippen molar-refractivity contribution in [2.45, 2.75) is 25.8 Å². The molecule has 3 rings (SSSR count). The van der Waals surface area contributed by atoms with Crippen LogP contribution in [0.5, 0.6) is 0 Å². The predicted molar refractivity (Wildman–Crippen MR) is 106 cm³/mol. The number of carboxylic acids is 1. The number of benzene rings is 2. The van der Waals surface area contributed by atoms with Gasteiger partial charge in [0.1, 0.15) is 6.04 Å². The second-order valence-corrected chi connectivity index (χ2v) is 7.32. The highest BCUT2D eigenvalue weighted by atomic mass is 35.5. The van der Waals surface area contributed by atoms with E-state index in [-0.39, 0.29) is 11.8 Å². The highest BCUT2D eigenvalue weighted by Crippen LogP contribution is 2.29. The van der Waals surface area contributed by atoms with Crippen LogP contribution in [0.15, 0.2) is 48.5 Å². The minimum atomic E-state index is -0.760. The van der Waals surface area contributed by atoms with Gasteiger partial charge < -0.3 is 10.4 Å². The number of nitrogens with zero attached hydrogens (tertiary/aromatic N) is 1. The fourth-order valence-corrected chi connectivity index (χ4v) is 3.63. The van der Waals surface area contributed by atoms with E-state index >= 15 is 0 Å². The Labute approximate surface area is 163 Å². The molecule has 0 bridgehead atoms. The van der Waals surface area contributed by atoms with Crippen molar-refractivity contribution in [3.05, 3.63) is 64.7 Å². The molecule has 0 aliphatic carbocycles. The third kappa shape index (κ3) is 4.67. The van der Waals surface area contributed by atoms with Gasteiger partial charge in [-0.25, -0.2) is 0 Å². The number of likely N-dealkylation sites (tertiary alicyclic amines) is 1. The molecule has 1 heterocycles. The van der Waals surface area contributed by atoms with E-state index in [0.717, 1.165) is 11.1 Å². The average Bonchev–Trinajstić information content (AvgIpc) is 2.66. The highest BCUT2D eigenvalue weighted by Gasteiger charge is 2.33. The number of aliphatic carboxylic acids is 1. The molecule has 2 aromatic carbocycles. The summed E-state index contributed by atoms with van der Waals surface area (Å²) in [6.45, 7) is 3.05.